The van der Waals surface area contributed by atoms with Gasteiger partial charge in [-0.1, -0.05) is 0 Å². The van der Waals surface area contributed by atoms with Crippen LogP contribution in [0.25, 0.3) is 0 Å². The van der Waals surface area contributed by atoms with E-state index in [0.717, 1.165) is 11.4 Å². The number of halogens is 1. The molecular formula is C11H16ClNS. The van der Waals surface area contributed by atoms with Gasteiger partial charge in [-0.3, -0.25) is 4.98 Å². The lowest BCUT2D eigenvalue weighted by atomic mass is 10.2. The van der Waals surface area contributed by atoms with Gasteiger partial charge in [0.1, 0.15) is 0 Å². The van der Waals surface area contributed by atoms with Gasteiger partial charge in [0.2, 0.25) is 0 Å². The van der Waals surface area contributed by atoms with Gasteiger partial charge < -0.3 is 0 Å². The number of aryl methyl sites for hydroxylation is 2. The Balaban J connectivity index is 2.87. The Morgan fingerprint density at radius 2 is 1.79 bits per heavy atom. The van der Waals surface area contributed by atoms with E-state index in [-0.39, 0.29) is 4.75 Å². The van der Waals surface area contributed by atoms with E-state index >= 15 is 0 Å². The van der Waals surface area contributed by atoms with Crippen molar-refractivity contribution in [1.82, 2.24) is 4.98 Å². The van der Waals surface area contributed by atoms with Crippen molar-refractivity contribution in [3.05, 3.63) is 23.5 Å². The highest BCUT2D eigenvalue weighted by atomic mass is 35.5. The summed E-state index contributed by atoms with van der Waals surface area (Å²) in [5.74, 6) is 0.651. The molecule has 0 amide bonds. The number of rotatable bonds is 3. The fraction of sp³-hybridized carbons (Fsp3) is 0.545. The minimum atomic E-state index is 0.0851. The predicted molar refractivity (Wildman–Crippen MR) is 64.4 cm³/mol. The number of aromatic nitrogens is 1. The average molecular weight is 230 g/mol. The molecule has 0 aliphatic rings. The van der Waals surface area contributed by atoms with E-state index in [4.69, 9.17) is 11.6 Å². The summed E-state index contributed by atoms with van der Waals surface area (Å²) in [5, 5.41) is 0. The smallest absolute Gasteiger partial charge is 0.0387 e. The molecule has 0 unspecified atom stereocenters. The molecule has 0 atom stereocenters. The minimum Gasteiger partial charge on any atom is -0.258 e. The molecule has 0 bridgehead atoms. The molecule has 0 aliphatic heterocycles. The maximum Gasteiger partial charge on any atom is 0.0387 e. The summed E-state index contributed by atoms with van der Waals surface area (Å²) < 4.78 is 0.0851. The van der Waals surface area contributed by atoms with Gasteiger partial charge in [0.05, 0.1) is 0 Å². The zero-order chi connectivity index (χ0) is 10.8. The quantitative estimate of drug-likeness (QED) is 0.578. The van der Waals surface area contributed by atoms with Gasteiger partial charge in [0.25, 0.3) is 0 Å². The number of hydrogen-bond donors (Lipinski definition) is 0. The topological polar surface area (TPSA) is 12.9 Å². The Bertz CT molecular complexity index is 303. The van der Waals surface area contributed by atoms with E-state index < -0.39 is 0 Å². The van der Waals surface area contributed by atoms with Crippen molar-refractivity contribution in [2.45, 2.75) is 37.3 Å². The van der Waals surface area contributed by atoms with Gasteiger partial charge in [-0.15, -0.1) is 23.4 Å². The van der Waals surface area contributed by atoms with Crippen molar-refractivity contribution < 1.29 is 0 Å². The first-order chi connectivity index (χ1) is 6.43. The predicted octanol–water partition coefficient (Wildman–Crippen LogP) is 3.81. The Labute approximate surface area is 95.3 Å². The highest BCUT2D eigenvalue weighted by molar-refractivity contribution is 8.00. The van der Waals surface area contributed by atoms with E-state index in [2.05, 4.69) is 31.0 Å². The standard InChI is InChI=1S/C11H16ClNS/c1-8-5-10(6-9(2)13-8)14-11(3,4)7-12/h5-6H,7H2,1-4H3. The molecule has 0 fully saturated rings. The molecule has 1 aromatic heterocycles. The third kappa shape index (κ3) is 3.50. The van der Waals surface area contributed by atoms with Gasteiger partial charge in [0, 0.05) is 26.9 Å². The maximum absolute atomic E-state index is 5.89. The first-order valence-corrected chi connectivity index (χ1v) is 5.98. The third-order valence-corrected chi connectivity index (χ3v) is 3.77. The molecule has 0 saturated heterocycles. The molecule has 1 nitrogen and oxygen atoms in total. The number of hydrogen-bond acceptors (Lipinski definition) is 2. The lowest BCUT2D eigenvalue weighted by molar-refractivity contribution is 0.810. The van der Waals surface area contributed by atoms with Crippen molar-refractivity contribution in [2.24, 2.45) is 0 Å². The average Bonchev–Trinajstić information content (AvgIpc) is 2.01. The summed E-state index contributed by atoms with van der Waals surface area (Å²) in [5.41, 5.74) is 2.13. The second-order valence-electron chi connectivity index (χ2n) is 4.08. The van der Waals surface area contributed by atoms with E-state index in [1.807, 2.05) is 13.8 Å². The summed E-state index contributed by atoms with van der Waals surface area (Å²) >= 11 is 7.69. The largest absolute Gasteiger partial charge is 0.258 e. The molecule has 0 saturated carbocycles. The van der Waals surface area contributed by atoms with Crippen LogP contribution in [-0.2, 0) is 0 Å². The number of thioether (sulfide) groups is 1. The second kappa shape index (κ2) is 4.54. The molecule has 1 rings (SSSR count). The molecule has 0 N–H and O–H groups in total. The highest BCUT2D eigenvalue weighted by Crippen LogP contribution is 2.33. The van der Waals surface area contributed by atoms with Crippen LogP contribution < -0.4 is 0 Å². The van der Waals surface area contributed by atoms with Crippen molar-refractivity contribution >= 4 is 23.4 Å². The van der Waals surface area contributed by atoms with E-state index in [9.17, 15) is 0 Å². The zero-order valence-corrected chi connectivity index (χ0v) is 10.7. The van der Waals surface area contributed by atoms with Crippen molar-refractivity contribution in [3.63, 3.8) is 0 Å². The molecule has 14 heavy (non-hydrogen) atoms. The van der Waals surface area contributed by atoms with Crippen LogP contribution in [0.2, 0.25) is 0 Å². The van der Waals surface area contributed by atoms with E-state index in [1.165, 1.54) is 4.90 Å². The van der Waals surface area contributed by atoms with Gasteiger partial charge in [-0.2, -0.15) is 0 Å². The number of alkyl halides is 1. The lowest BCUT2D eigenvalue weighted by Gasteiger charge is -2.20. The molecule has 0 aromatic carbocycles. The van der Waals surface area contributed by atoms with Crippen molar-refractivity contribution in [3.8, 4) is 0 Å². The molecule has 1 heterocycles. The molecular weight excluding hydrogens is 214 g/mol. The van der Waals surface area contributed by atoms with Crippen LogP contribution in [0, 0.1) is 13.8 Å². The summed E-state index contributed by atoms with van der Waals surface area (Å²) in [6.45, 7) is 8.33. The SMILES string of the molecule is Cc1cc(SC(C)(C)CCl)cc(C)n1. The van der Waals surface area contributed by atoms with Crippen LogP contribution >= 0.6 is 23.4 Å². The monoisotopic (exact) mass is 229 g/mol. The Morgan fingerprint density at radius 3 is 2.21 bits per heavy atom. The van der Waals surface area contributed by atoms with Crippen molar-refractivity contribution in [1.29, 1.82) is 0 Å². The van der Waals surface area contributed by atoms with Crippen LogP contribution in [0.1, 0.15) is 25.2 Å². The third-order valence-electron chi connectivity index (χ3n) is 1.77. The molecule has 78 valence electrons. The Morgan fingerprint density at radius 1 is 1.29 bits per heavy atom. The second-order valence-corrected chi connectivity index (χ2v) is 6.13. The first kappa shape index (κ1) is 11.9. The normalized spacial score (nSPS) is 11.8. The molecule has 0 spiro atoms. The van der Waals surface area contributed by atoms with Gasteiger partial charge in [0.15, 0.2) is 0 Å². The maximum atomic E-state index is 5.89. The van der Waals surface area contributed by atoms with E-state index in [1.54, 1.807) is 11.8 Å². The fourth-order valence-corrected chi connectivity index (χ4v) is 2.52. The van der Waals surface area contributed by atoms with Crippen LogP contribution in [0.15, 0.2) is 17.0 Å². The van der Waals surface area contributed by atoms with Gasteiger partial charge in [-0.25, -0.2) is 0 Å². The molecule has 0 aliphatic carbocycles. The highest BCUT2D eigenvalue weighted by Gasteiger charge is 2.18. The summed E-state index contributed by atoms with van der Waals surface area (Å²) in [6, 6.07) is 4.21. The van der Waals surface area contributed by atoms with Gasteiger partial charge in [-0.05, 0) is 39.8 Å². The summed E-state index contributed by atoms with van der Waals surface area (Å²) in [6.07, 6.45) is 0. The number of pyridine rings is 1. The number of nitrogens with zero attached hydrogens (tertiary/aromatic N) is 1. The van der Waals surface area contributed by atoms with Crippen LogP contribution in [0.4, 0.5) is 0 Å². The first-order valence-electron chi connectivity index (χ1n) is 4.63. The van der Waals surface area contributed by atoms with E-state index in [0.29, 0.717) is 5.88 Å². The van der Waals surface area contributed by atoms with Crippen molar-refractivity contribution in [2.75, 3.05) is 5.88 Å². The zero-order valence-electron chi connectivity index (χ0n) is 9.10. The van der Waals surface area contributed by atoms with Crippen LogP contribution in [0.5, 0.6) is 0 Å². The summed E-state index contributed by atoms with van der Waals surface area (Å²) in [7, 11) is 0. The minimum absolute atomic E-state index is 0.0851. The fourth-order valence-electron chi connectivity index (χ4n) is 1.20. The molecule has 3 heteroatoms. The Kier molecular flexibility index (Phi) is 3.85. The molecule has 0 radical (unpaired) electrons. The van der Waals surface area contributed by atoms with Crippen LogP contribution in [0.3, 0.4) is 0 Å². The van der Waals surface area contributed by atoms with Gasteiger partial charge >= 0.3 is 0 Å². The summed E-state index contributed by atoms with van der Waals surface area (Å²) in [4.78, 5) is 5.59. The van der Waals surface area contributed by atoms with Crippen LogP contribution in [-0.4, -0.2) is 15.6 Å². The Hall–Kier alpha value is -0.210. The lowest BCUT2D eigenvalue weighted by Crippen LogP contribution is -2.16. The molecule has 1 aromatic rings.